The van der Waals surface area contributed by atoms with E-state index in [0.717, 1.165) is 11.3 Å². The summed E-state index contributed by atoms with van der Waals surface area (Å²) in [6.07, 6.45) is 3.25. The molecule has 12 heteroatoms. The molecule has 34 heavy (non-hydrogen) atoms. The number of hydrogen-bond donors (Lipinski definition) is 0. The van der Waals surface area contributed by atoms with Gasteiger partial charge in [-0.05, 0) is 55.3 Å². The zero-order chi connectivity index (χ0) is 23.9. The van der Waals surface area contributed by atoms with Gasteiger partial charge in [0.1, 0.15) is 21.8 Å². The van der Waals surface area contributed by atoms with E-state index < -0.39 is 27.8 Å². The van der Waals surface area contributed by atoms with Crippen molar-refractivity contribution in [1.82, 2.24) is 9.29 Å². The highest BCUT2D eigenvalue weighted by atomic mass is 35.5. The van der Waals surface area contributed by atoms with Crippen molar-refractivity contribution < 1.29 is 22.0 Å². The number of sulfonamides is 1. The van der Waals surface area contributed by atoms with Crippen LogP contribution >= 0.6 is 34.3 Å². The predicted molar refractivity (Wildman–Crippen MR) is 130 cm³/mol. The molecule has 1 amide bonds. The number of furan rings is 1. The van der Waals surface area contributed by atoms with Gasteiger partial charge in [0.05, 0.1) is 27.4 Å². The molecule has 178 valence electrons. The van der Waals surface area contributed by atoms with Crippen LogP contribution in [0, 0.1) is 5.82 Å². The molecule has 1 fully saturated rings. The molecular formula is C22H19ClFN3O4S3. The van der Waals surface area contributed by atoms with Gasteiger partial charge in [0, 0.05) is 6.54 Å². The van der Waals surface area contributed by atoms with Crippen molar-refractivity contribution in [3.63, 3.8) is 0 Å². The molecule has 4 heterocycles. The maximum atomic E-state index is 13.9. The zero-order valence-corrected chi connectivity index (χ0v) is 20.9. The van der Waals surface area contributed by atoms with Gasteiger partial charge in [-0.3, -0.25) is 9.69 Å². The van der Waals surface area contributed by atoms with E-state index in [9.17, 15) is 17.6 Å². The Hall–Kier alpha value is -2.31. The van der Waals surface area contributed by atoms with Gasteiger partial charge in [-0.15, -0.1) is 11.3 Å². The highest BCUT2D eigenvalue weighted by molar-refractivity contribution is 7.91. The molecule has 0 radical (unpaired) electrons. The van der Waals surface area contributed by atoms with Crippen LogP contribution in [0.5, 0.6) is 0 Å². The average molecular weight is 540 g/mol. The molecule has 0 bridgehead atoms. The van der Waals surface area contributed by atoms with Crippen LogP contribution in [-0.4, -0.2) is 36.2 Å². The molecular weight excluding hydrogens is 521 g/mol. The van der Waals surface area contributed by atoms with Gasteiger partial charge < -0.3 is 4.42 Å². The molecule has 7 nitrogen and oxygen atoms in total. The fourth-order valence-corrected chi connectivity index (χ4v) is 8.23. The highest BCUT2D eigenvalue weighted by Crippen LogP contribution is 2.35. The molecule has 0 aliphatic carbocycles. The maximum absolute atomic E-state index is 13.9. The summed E-state index contributed by atoms with van der Waals surface area (Å²) in [6, 6.07) is 9.76. The Labute approximate surface area is 208 Å². The molecule has 5 rings (SSSR count). The number of amides is 1. The number of rotatable bonds is 6. The van der Waals surface area contributed by atoms with Crippen molar-refractivity contribution in [3.05, 3.63) is 64.6 Å². The molecule has 1 saturated heterocycles. The third kappa shape index (κ3) is 4.50. The summed E-state index contributed by atoms with van der Waals surface area (Å²) in [5.74, 6) is -0.276. The number of carbonyl (C=O) groups excluding carboxylic acids is 1. The summed E-state index contributed by atoms with van der Waals surface area (Å²) in [5.41, 5.74) is 0.556. The van der Waals surface area contributed by atoms with Crippen LogP contribution in [-0.2, 0) is 21.4 Å². The van der Waals surface area contributed by atoms with Crippen LogP contribution in [0.25, 0.3) is 10.2 Å². The Morgan fingerprint density at radius 3 is 2.82 bits per heavy atom. The van der Waals surface area contributed by atoms with Crippen molar-refractivity contribution in [3.8, 4) is 0 Å². The summed E-state index contributed by atoms with van der Waals surface area (Å²) in [5, 5.41) is 0.351. The van der Waals surface area contributed by atoms with Crippen molar-refractivity contribution in [2.75, 3.05) is 11.4 Å². The monoisotopic (exact) mass is 539 g/mol. The number of nitrogens with zero attached hydrogens (tertiary/aromatic N) is 3. The van der Waals surface area contributed by atoms with Gasteiger partial charge in [0.15, 0.2) is 5.13 Å². The minimum absolute atomic E-state index is 0.0728. The Kier molecular flexibility index (Phi) is 6.47. The third-order valence-electron chi connectivity index (χ3n) is 5.58. The van der Waals surface area contributed by atoms with Gasteiger partial charge in [-0.1, -0.05) is 29.4 Å². The molecule has 0 spiro atoms. The van der Waals surface area contributed by atoms with E-state index in [4.69, 9.17) is 16.0 Å². The number of halogens is 2. The predicted octanol–water partition coefficient (Wildman–Crippen LogP) is 5.52. The van der Waals surface area contributed by atoms with Crippen LogP contribution < -0.4 is 4.90 Å². The van der Waals surface area contributed by atoms with Crippen molar-refractivity contribution >= 4 is 65.6 Å². The van der Waals surface area contributed by atoms with Crippen molar-refractivity contribution in [2.24, 2.45) is 0 Å². The maximum Gasteiger partial charge on any atom is 0.253 e. The summed E-state index contributed by atoms with van der Waals surface area (Å²) >= 11 is 8.12. The van der Waals surface area contributed by atoms with Crippen LogP contribution in [0.2, 0.25) is 4.34 Å². The van der Waals surface area contributed by atoms with Gasteiger partial charge in [-0.25, -0.2) is 17.8 Å². The SMILES string of the molecule is O=C(C1CCCCN1S(=O)(=O)c1ccc(Cl)s1)N(Cc1ccco1)c1nc2ccc(F)cc2s1. The Morgan fingerprint density at radius 2 is 2.09 bits per heavy atom. The summed E-state index contributed by atoms with van der Waals surface area (Å²) in [7, 11) is -3.91. The average Bonchev–Trinajstić information content (AvgIpc) is 3.58. The number of fused-ring (bicyclic) bond motifs is 1. The van der Waals surface area contributed by atoms with Gasteiger partial charge in [0.25, 0.3) is 10.0 Å². The molecule has 4 aromatic rings. The lowest BCUT2D eigenvalue weighted by molar-refractivity contribution is -0.123. The first-order valence-corrected chi connectivity index (χ1v) is 13.9. The Morgan fingerprint density at radius 1 is 1.24 bits per heavy atom. The fourth-order valence-electron chi connectivity index (χ4n) is 3.97. The summed E-state index contributed by atoms with van der Waals surface area (Å²) in [6.45, 7) is 0.303. The molecule has 3 aromatic heterocycles. The van der Waals surface area contributed by atoms with Gasteiger partial charge in [0.2, 0.25) is 5.91 Å². The topological polar surface area (TPSA) is 83.7 Å². The van der Waals surface area contributed by atoms with Crippen LogP contribution in [0.15, 0.2) is 57.4 Å². The molecule has 1 unspecified atom stereocenters. The smallest absolute Gasteiger partial charge is 0.253 e. The Bertz CT molecular complexity index is 1430. The second-order valence-corrected chi connectivity index (χ2v) is 12.6. The number of benzene rings is 1. The molecule has 1 aliphatic rings. The summed E-state index contributed by atoms with van der Waals surface area (Å²) in [4.78, 5) is 19.9. The summed E-state index contributed by atoms with van der Waals surface area (Å²) < 4.78 is 48.3. The lowest BCUT2D eigenvalue weighted by atomic mass is 10.0. The molecule has 0 saturated carbocycles. The number of carbonyl (C=O) groups is 1. The van der Waals surface area contributed by atoms with Gasteiger partial charge in [-0.2, -0.15) is 4.31 Å². The minimum Gasteiger partial charge on any atom is -0.467 e. The van der Waals surface area contributed by atoms with E-state index in [1.165, 1.54) is 51.1 Å². The first-order chi connectivity index (χ1) is 16.3. The molecule has 1 atom stereocenters. The first kappa shape index (κ1) is 23.4. The number of hydrogen-bond acceptors (Lipinski definition) is 7. The van der Waals surface area contributed by atoms with Gasteiger partial charge >= 0.3 is 0 Å². The Balaban J connectivity index is 1.53. The van der Waals surface area contributed by atoms with Crippen molar-refractivity contribution in [2.45, 2.75) is 36.1 Å². The van der Waals surface area contributed by atoms with E-state index in [0.29, 0.717) is 44.7 Å². The number of thiazole rings is 1. The van der Waals surface area contributed by atoms with E-state index >= 15 is 0 Å². The highest BCUT2D eigenvalue weighted by Gasteiger charge is 2.41. The largest absolute Gasteiger partial charge is 0.467 e. The normalized spacial score (nSPS) is 17.3. The lowest BCUT2D eigenvalue weighted by Gasteiger charge is -2.35. The lowest BCUT2D eigenvalue weighted by Crippen LogP contribution is -2.52. The number of anilines is 1. The standard InChI is InChI=1S/C22H19ClFN3O4S3/c23-19-8-9-20(33-19)34(29,30)27-10-2-1-5-17(27)21(28)26(13-15-4-3-11-31-15)22-25-16-7-6-14(24)12-18(16)32-22/h3-4,6-9,11-12,17H,1-2,5,10,13H2. The van der Waals surface area contributed by atoms with E-state index in [1.54, 1.807) is 18.2 Å². The zero-order valence-electron chi connectivity index (χ0n) is 17.7. The molecule has 1 aliphatic heterocycles. The second-order valence-electron chi connectivity index (χ2n) is 7.80. The number of thiophene rings is 1. The van der Waals surface area contributed by atoms with Crippen LogP contribution in [0.4, 0.5) is 9.52 Å². The first-order valence-electron chi connectivity index (χ1n) is 10.5. The van der Waals surface area contributed by atoms with E-state index in [2.05, 4.69) is 4.98 Å². The quantitative estimate of drug-likeness (QED) is 0.322. The number of aromatic nitrogens is 1. The fraction of sp³-hybridized carbons (Fsp3) is 0.273. The van der Waals surface area contributed by atoms with Crippen LogP contribution in [0.3, 0.4) is 0 Å². The second kappa shape index (κ2) is 9.38. The third-order valence-corrected chi connectivity index (χ3v) is 10.2. The molecule has 0 N–H and O–H groups in total. The van der Waals surface area contributed by atoms with Crippen LogP contribution in [0.1, 0.15) is 25.0 Å². The number of piperidine rings is 1. The van der Waals surface area contributed by atoms with E-state index in [1.807, 2.05) is 0 Å². The minimum atomic E-state index is -3.91. The van der Waals surface area contributed by atoms with E-state index in [-0.39, 0.29) is 17.3 Å². The molecule has 1 aromatic carbocycles. The van der Waals surface area contributed by atoms with Crippen molar-refractivity contribution in [1.29, 1.82) is 0 Å².